The highest BCUT2D eigenvalue weighted by Crippen LogP contribution is 2.20. The van der Waals surface area contributed by atoms with Gasteiger partial charge in [-0.05, 0) is 24.3 Å². The van der Waals surface area contributed by atoms with Crippen molar-refractivity contribution in [3.8, 4) is 5.75 Å². The first-order valence-electron chi connectivity index (χ1n) is 6.43. The number of nitrogens with two attached hydrogens (primary N) is 1. The smallest absolute Gasteiger partial charge is 0.319 e. The van der Waals surface area contributed by atoms with Crippen LogP contribution in [-0.2, 0) is 0 Å². The lowest BCUT2D eigenvalue weighted by molar-refractivity contribution is 0.247. The molecule has 0 aromatic heterocycles. The fourth-order valence-corrected chi connectivity index (χ4v) is 1.85. The van der Waals surface area contributed by atoms with Crippen molar-refractivity contribution in [1.82, 2.24) is 5.32 Å². The molecule has 0 fully saturated rings. The molecule has 0 unspecified atom stereocenters. The number of nitrogen functional groups attached to an aromatic ring is 1. The third-order valence-electron chi connectivity index (χ3n) is 2.69. The molecule has 21 heavy (non-hydrogen) atoms. The maximum absolute atomic E-state index is 11.7. The van der Waals surface area contributed by atoms with Crippen molar-refractivity contribution in [3.05, 3.63) is 53.6 Å². The number of rotatable bonds is 5. The van der Waals surface area contributed by atoms with E-state index in [0.29, 0.717) is 35.3 Å². The Morgan fingerprint density at radius 3 is 2.62 bits per heavy atom. The van der Waals surface area contributed by atoms with Crippen LogP contribution in [0.4, 0.5) is 16.2 Å². The quantitative estimate of drug-likeness (QED) is 0.587. The first kappa shape index (κ1) is 15.0. The van der Waals surface area contributed by atoms with Crippen LogP contribution in [0.15, 0.2) is 48.5 Å². The van der Waals surface area contributed by atoms with Gasteiger partial charge in [0.05, 0.1) is 22.9 Å². The molecule has 0 saturated carbocycles. The Bertz CT molecular complexity index is 619. The number of hydrogen-bond donors (Lipinski definition) is 3. The molecule has 110 valence electrons. The van der Waals surface area contributed by atoms with Gasteiger partial charge in [0, 0.05) is 0 Å². The largest absolute Gasteiger partial charge is 0.490 e. The molecule has 0 heterocycles. The molecule has 0 radical (unpaired) electrons. The summed E-state index contributed by atoms with van der Waals surface area (Å²) < 4.78 is 5.47. The second kappa shape index (κ2) is 7.40. The molecule has 0 saturated heterocycles. The van der Waals surface area contributed by atoms with Crippen LogP contribution in [-0.4, -0.2) is 19.2 Å². The fraction of sp³-hybridized carbons (Fsp3) is 0.133. The number of anilines is 2. The fourth-order valence-electron chi connectivity index (χ4n) is 1.67. The van der Waals surface area contributed by atoms with Gasteiger partial charge in [-0.15, -0.1) is 0 Å². The lowest BCUT2D eigenvalue weighted by atomic mass is 10.3. The Hall–Kier alpha value is -2.40. The minimum Gasteiger partial charge on any atom is -0.490 e. The van der Waals surface area contributed by atoms with Gasteiger partial charge in [0.25, 0.3) is 0 Å². The molecule has 0 aliphatic heterocycles. The van der Waals surface area contributed by atoms with Crippen molar-refractivity contribution < 1.29 is 9.53 Å². The Kier molecular flexibility index (Phi) is 5.29. The highest BCUT2D eigenvalue weighted by atomic mass is 35.5. The van der Waals surface area contributed by atoms with E-state index in [1.165, 1.54) is 0 Å². The van der Waals surface area contributed by atoms with E-state index in [1.54, 1.807) is 36.4 Å². The summed E-state index contributed by atoms with van der Waals surface area (Å²) in [5.74, 6) is 0.603. The zero-order valence-electron chi connectivity index (χ0n) is 11.3. The van der Waals surface area contributed by atoms with Gasteiger partial charge in [-0.1, -0.05) is 35.9 Å². The maximum Gasteiger partial charge on any atom is 0.319 e. The topological polar surface area (TPSA) is 76.4 Å². The van der Waals surface area contributed by atoms with E-state index in [-0.39, 0.29) is 6.03 Å². The summed E-state index contributed by atoms with van der Waals surface area (Å²) in [6.07, 6.45) is 0. The minimum atomic E-state index is -0.340. The number of nitrogens with one attached hydrogen (secondary N) is 2. The van der Waals surface area contributed by atoms with Crippen LogP contribution < -0.4 is 21.1 Å². The van der Waals surface area contributed by atoms with Crippen LogP contribution >= 0.6 is 11.6 Å². The molecule has 0 aliphatic carbocycles. The standard InChI is InChI=1S/C15H16ClN3O2/c16-11-5-1-3-7-13(11)19-15(20)18-9-10-21-14-8-4-2-6-12(14)17/h1-8H,9-10,17H2,(H2,18,19,20). The second-order valence-corrected chi connectivity index (χ2v) is 4.65. The molecule has 2 rings (SSSR count). The average molecular weight is 306 g/mol. The third kappa shape index (κ3) is 4.57. The van der Waals surface area contributed by atoms with Gasteiger partial charge in [0.1, 0.15) is 12.4 Å². The number of urea groups is 1. The van der Waals surface area contributed by atoms with Gasteiger partial charge < -0.3 is 21.1 Å². The van der Waals surface area contributed by atoms with Crippen molar-refractivity contribution in [2.75, 3.05) is 24.2 Å². The number of benzene rings is 2. The number of halogens is 1. The zero-order chi connectivity index (χ0) is 15.1. The molecule has 5 nitrogen and oxygen atoms in total. The van der Waals surface area contributed by atoms with E-state index in [9.17, 15) is 4.79 Å². The van der Waals surface area contributed by atoms with Gasteiger partial charge in [-0.2, -0.15) is 0 Å². The Labute approximate surface area is 128 Å². The van der Waals surface area contributed by atoms with E-state index >= 15 is 0 Å². The van der Waals surface area contributed by atoms with Crippen molar-refractivity contribution in [3.63, 3.8) is 0 Å². The Morgan fingerprint density at radius 1 is 1.14 bits per heavy atom. The van der Waals surface area contributed by atoms with Crippen LogP contribution in [0.1, 0.15) is 0 Å². The minimum absolute atomic E-state index is 0.324. The third-order valence-corrected chi connectivity index (χ3v) is 3.02. The van der Waals surface area contributed by atoms with Gasteiger partial charge in [-0.3, -0.25) is 0 Å². The molecule has 2 aromatic rings. The molecule has 0 bridgehead atoms. The Morgan fingerprint density at radius 2 is 1.86 bits per heavy atom. The van der Waals surface area contributed by atoms with Gasteiger partial charge in [0.15, 0.2) is 0 Å². The molecule has 0 spiro atoms. The molecule has 0 atom stereocenters. The van der Waals surface area contributed by atoms with Gasteiger partial charge >= 0.3 is 6.03 Å². The normalized spacial score (nSPS) is 9.95. The van der Waals surface area contributed by atoms with Crippen LogP contribution in [0.25, 0.3) is 0 Å². The molecule has 2 amide bonds. The summed E-state index contributed by atoms with van der Waals surface area (Å²) >= 11 is 5.95. The average Bonchev–Trinajstić information content (AvgIpc) is 2.48. The SMILES string of the molecule is Nc1ccccc1OCCNC(=O)Nc1ccccc1Cl. The number of ether oxygens (including phenoxy) is 1. The second-order valence-electron chi connectivity index (χ2n) is 4.25. The summed E-state index contributed by atoms with van der Waals surface area (Å²) in [7, 11) is 0. The summed E-state index contributed by atoms with van der Waals surface area (Å²) in [4.78, 5) is 11.7. The molecular weight excluding hydrogens is 290 g/mol. The Balaban J connectivity index is 1.73. The van der Waals surface area contributed by atoms with Crippen molar-refractivity contribution in [2.45, 2.75) is 0 Å². The van der Waals surface area contributed by atoms with Crippen LogP contribution in [0.3, 0.4) is 0 Å². The summed E-state index contributed by atoms with van der Waals surface area (Å²) in [6, 6.07) is 13.9. The first-order valence-corrected chi connectivity index (χ1v) is 6.81. The van der Waals surface area contributed by atoms with Crippen LogP contribution in [0.2, 0.25) is 5.02 Å². The number of carbonyl (C=O) groups excluding carboxylic acids is 1. The molecule has 2 aromatic carbocycles. The van der Waals surface area contributed by atoms with E-state index in [2.05, 4.69) is 10.6 Å². The predicted octanol–water partition coefficient (Wildman–Crippen LogP) is 3.12. The summed E-state index contributed by atoms with van der Waals surface area (Å²) in [6.45, 7) is 0.675. The number of carbonyl (C=O) groups is 1. The predicted molar refractivity (Wildman–Crippen MR) is 84.8 cm³/mol. The van der Waals surface area contributed by atoms with Gasteiger partial charge in [0.2, 0.25) is 0 Å². The number of para-hydroxylation sites is 3. The molecule has 6 heteroatoms. The van der Waals surface area contributed by atoms with Crippen LogP contribution in [0.5, 0.6) is 5.75 Å². The zero-order valence-corrected chi connectivity index (χ0v) is 12.1. The lowest BCUT2D eigenvalue weighted by Gasteiger charge is -2.10. The molecule has 0 aliphatic rings. The van der Waals surface area contributed by atoms with Crippen LogP contribution in [0, 0.1) is 0 Å². The van der Waals surface area contributed by atoms with Crippen molar-refractivity contribution in [2.24, 2.45) is 0 Å². The first-order chi connectivity index (χ1) is 10.2. The van der Waals surface area contributed by atoms with Crippen molar-refractivity contribution in [1.29, 1.82) is 0 Å². The monoisotopic (exact) mass is 305 g/mol. The number of amides is 2. The van der Waals surface area contributed by atoms with Crippen molar-refractivity contribution >= 4 is 29.0 Å². The highest BCUT2D eigenvalue weighted by molar-refractivity contribution is 6.33. The summed E-state index contributed by atoms with van der Waals surface area (Å²) in [5.41, 5.74) is 6.87. The molecule has 4 N–H and O–H groups in total. The highest BCUT2D eigenvalue weighted by Gasteiger charge is 2.04. The number of hydrogen-bond acceptors (Lipinski definition) is 3. The molecular formula is C15H16ClN3O2. The van der Waals surface area contributed by atoms with E-state index in [1.807, 2.05) is 12.1 Å². The van der Waals surface area contributed by atoms with Gasteiger partial charge in [-0.25, -0.2) is 4.79 Å². The maximum atomic E-state index is 11.7. The van der Waals surface area contributed by atoms with E-state index in [4.69, 9.17) is 22.1 Å². The van der Waals surface area contributed by atoms with E-state index < -0.39 is 0 Å². The lowest BCUT2D eigenvalue weighted by Crippen LogP contribution is -2.32. The van der Waals surface area contributed by atoms with E-state index in [0.717, 1.165) is 0 Å². The summed E-state index contributed by atoms with van der Waals surface area (Å²) in [5, 5.41) is 5.82.